The first-order chi connectivity index (χ1) is 10.8. The van der Waals surface area contributed by atoms with Crippen LogP contribution in [-0.2, 0) is 0 Å². The minimum Gasteiger partial charge on any atom is -0.451 e. The number of nitrogens with zero attached hydrogens (tertiary/aromatic N) is 2. The minimum absolute atomic E-state index is 0.240. The third-order valence-corrected chi connectivity index (χ3v) is 4.23. The number of anilines is 1. The fourth-order valence-corrected chi connectivity index (χ4v) is 3.12. The van der Waals surface area contributed by atoms with Gasteiger partial charge < -0.3 is 9.73 Å². The van der Waals surface area contributed by atoms with Gasteiger partial charge in [-0.05, 0) is 25.0 Å². The van der Waals surface area contributed by atoms with E-state index < -0.39 is 0 Å². The lowest BCUT2D eigenvalue weighted by atomic mass is 10.2. The van der Waals surface area contributed by atoms with Gasteiger partial charge in [-0.3, -0.25) is 4.79 Å². The maximum absolute atomic E-state index is 12.4. The molecule has 1 fully saturated rings. The third-order valence-electron chi connectivity index (χ3n) is 4.23. The quantitative estimate of drug-likeness (QED) is 0.794. The van der Waals surface area contributed by atoms with Crippen LogP contribution in [0.25, 0.3) is 11.0 Å². The molecule has 2 aromatic heterocycles. The first-order valence-electron chi connectivity index (χ1n) is 7.65. The standard InChI is InChI=1S/C17H17N3O2/c21-17(15-11-12-5-1-4-8-14(12)22-15)19-16-9-10-18-20(16)13-6-2-3-7-13/h1,4-5,8-11,13H,2-3,6-7H2,(H,19,21). The van der Waals surface area contributed by atoms with Crippen molar-refractivity contribution in [3.8, 4) is 0 Å². The molecular weight excluding hydrogens is 278 g/mol. The Hall–Kier alpha value is -2.56. The molecule has 0 aliphatic heterocycles. The van der Waals surface area contributed by atoms with E-state index in [1.807, 2.05) is 35.0 Å². The molecule has 3 aromatic rings. The van der Waals surface area contributed by atoms with E-state index in [1.165, 1.54) is 12.8 Å². The largest absolute Gasteiger partial charge is 0.451 e. The van der Waals surface area contributed by atoms with Crippen molar-refractivity contribution in [2.24, 2.45) is 0 Å². The van der Waals surface area contributed by atoms with E-state index in [0.29, 0.717) is 11.8 Å². The summed E-state index contributed by atoms with van der Waals surface area (Å²) in [7, 11) is 0. The third kappa shape index (κ3) is 2.28. The molecule has 1 aromatic carbocycles. The number of furan rings is 1. The van der Waals surface area contributed by atoms with Gasteiger partial charge >= 0.3 is 0 Å². The molecule has 1 amide bonds. The zero-order valence-electron chi connectivity index (χ0n) is 12.2. The van der Waals surface area contributed by atoms with Gasteiger partial charge in [0.25, 0.3) is 5.91 Å². The summed E-state index contributed by atoms with van der Waals surface area (Å²) in [6, 6.07) is 11.6. The molecule has 0 atom stereocenters. The van der Waals surface area contributed by atoms with E-state index in [2.05, 4.69) is 10.4 Å². The fraction of sp³-hybridized carbons (Fsp3) is 0.294. The van der Waals surface area contributed by atoms with E-state index >= 15 is 0 Å². The summed E-state index contributed by atoms with van der Waals surface area (Å²) in [6.45, 7) is 0. The van der Waals surface area contributed by atoms with Crippen LogP contribution in [-0.4, -0.2) is 15.7 Å². The van der Waals surface area contributed by atoms with Crippen LogP contribution in [0, 0.1) is 0 Å². The Morgan fingerprint density at radius 1 is 1.23 bits per heavy atom. The van der Waals surface area contributed by atoms with Crippen LogP contribution in [0.4, 0.5) is 5.82 Å². The van der Waals surface area contributed by atoms with Crippen LogP contribution in [0.1, 0.15) is 42.3 Å². The Kier molecular flexibility index (Phi) is 3.18. The predicted octanol–water partition coefficient (Wildman–Crippen LogP) is 4.00. The number of para-hydroxylation sites is 1. The molecule has 0 unspecified atom stereocenters. The van der Waals surface area contributed by atoms with Gasteiger partial charge in [-0.25, -0.2) is 4.68 Å². The molecule has 22 heavy (non-hydrogen) atoms. The lowest BCUT2D eigenvalue weighted by Crippen LogP contribution is -2.17. The number of fused-ring (bicyclic) bond motifs is 1. The summed E-state index contributed by atoms with van der Waals surface area (Å²) >= 11 is 0. The summed E-state index contributed by atoms with van der Waals surface area (Å²) in [6.07, 6.45) is 6.42. The number of hydrogen-bond acceptors (Lipinski definition) is 3. The number of carbonyl (C=O) groups is 1. The minimum atomic E-state index is -0.240. The number of aromatic nitrogens is 2. The second kappa shape index (κ2) is 5.33. The topological polar surface area (TPSA) is 60.1 Å². The first kappa shape index (κ1) is 13.1. The monoisotopic (exact) mass is 295 g/mol. The number of rotatable bonds is 3. The van der Waals surface area contributed by atoms with E-state index in [-0.39, 0.29) is 5.91 Å². The van der Waals surface area contributed by atoms with Crippen LogP contribution in [0.5, 0.6) is 0 Å². The number of carbonyl (C=O) groups excluding carboxylic acids is 1. The van der Waals surface area contributed by atoms with Crippen molar-refractivity contribution in [2.45, 2.75) is 31.7 Å². The highest BCUT2D eigenvalue weighted by molar-refractivity contribution is 6.04. The van der Waals surface area contributed by atoms with Gasteiger partial charge in [0.2, 0.25) is 0 Å². The molecule has 1 saturated carbocycles. The van der Waals surface area contributed by atoms with Gasteiger partial charge in [0.1, 0.15) is 11.4 Å². The van der Waals surface area contributed by atoms with Crippen molar-refractivity contribution in [2.75, 3.05) is 5.32 Å². The van der Waals surface area contributed by atoms with Gasteiger partial charge in [-0.2, -0.15) is 5.10 Å². The van der Waals surface area contributed by atoms with Crippen molar-refractivity contribution >= 4 is 22.7 Å². The van der Waals surface area contributed by atoms with Crippen LogP contribution in [0.15, 0.2) is 47.0 Å². The SMILES string of the molecule is O=C(Nc1ccnn1C1CCCC1)c1cc2ccccc2o1. The lowest BCUT2D eigenvalue weighted by Gasteiger charge is -2.14. The van der Waals surface area contributed by atoms with Gasteiger partial charge in [0, 0.05) is 11.5 Å². The number of amides is 1. The van der Waals surface area contributed by atoms with E-state index in [9.17, 15) is 4.79 Å². The van der Waals surface area contributed by atoms with Gasteiger partial charge in [0.05, 0.1) is 12.2 Å². The van der Waals surface area contributed by atoms with Gasteiger partial charge in [0.15, 0.2) is 5.76 Å². The molecule has 0 saturated heterocycles. The summed E-state index contributed by atoms with van der Waals surface area (Å²) in [4.78, 5) is 12.4. The summed E-state index contributed by atoms with van der Waals surface area (Å²) < 4.78 is 7.53. The van der Waals surface area contributed by atoms with E-state index in [4.69, 9.17) is 4.42 Å². The van der Waals surface area contributed by atoms with Crippen molar-refractivity contribution in [3.05, 3.63) is 48.4 Å². The molecular formula is C17H17N3O2. The number of benzene rings is 1. The summed E-state index contributed by atoms with van der Waals surface area (Å²) in [5.41, 5.74) is 0.719. The zero-order valence-corrected chi connectivity index (χ0v) is 12.2. The first-order valence-corrected chi connectivity index (χ1v) is 7.65. The molecule has 0 spiro atoms. The summed E-state index contributed by atoms with van der Waals surface area (Å²) in [5, 5.41) is 8.20. The molecule has 2 heterocycles. The molecule has 1 aliphatic rings. The average molecular weight is 295 g/mol. The highest BCUT2D eigenvalue weighted by atomic mass is 16.3. The van der Waals surface area contributed by atoms with Crippen molar-refractivity contribution in [1.82, 2.24) is 9.78 Å². The Morgan fingerprint density at radius 3 is 2.86 bits per heavy atom. The molecule has 4 rings (SSSR count). The molecule has 0 bridgehead atoms. The molecule has 112 valence electrons. The van der Waals surface area contributed by atoms with Crippen molar-refractivity contribution < 1.29 is 9.21 Å². The van der Waals surface area contributed by atoms with Gasteiger partial charge in [-0.15, -0.1) is 0 Å². The van der Waals surface area contributed by atoms with Crippen LogP contribution in [0.3, 0.4) is 0 Å². The maximum atomic E-state index is 12.4. The zero-order chi connectivity index (χ0) is 14.9. The molecule has 1 aliphatic carbocycles. The highest BCUT2D eigenvalue weighted by Crippen LogP contribution is 2.31. The lowest BCUT2D eigenvalue weighted by molar-refractivity contribution is 0.0997. The van der Waals surface area contributed by atoms with Crippen LogP contribution >= 0.6 is 0 Å². The Morgan fingerprint density at radius 2 is 2.05 bits per heavy atom. The van der Waals surface area contributed by atoms with Crippen molar-refractivity contribution in [3.63, 3.8) is 0 Å². The average Bonchev–Trinajstić information content (AvgIpc) is 3.26. The molecule has 0 radical (unpaired) electrons. The Balaban J connectivity index is 1.58. The Labute approximate surface area is 127 Å². The number of hydrogen-bond donors (Lipinski definition) is 1. The molecule has 5 nitrogen and oxygen atoms in total. The van der Waals surface area contributed by atoms with Gasteiger partial charge in [-0.1, -0.05) is 31.0 Å². The highest BCUT2D eigenvalue weighted by Gasteiger charge is 2.21. The van der Waals surface area contributed by atoms with Crippen LogP contribution in [0.2, 0.25) is 0 Å². The second-order valence-electron chi connectivity index (χ2n) is 5.70. The number of nitrogens with one attached hydrogen (secondary N) is 1. The maximum Gasteiger partial charge on any atom is 0.292 e. The predicted molar refractivity (Wildman–Crippen MR) is 83.9 cm³/mol. The smallest absolute Gasteiger partial charge is 0.292 e. The molecule has 1 N–H and O–H groups in total. The summed E-state index contributed by atoms with van der Waals surface area (Å²) in [5.74, 6) is 0.814. The van der Waals surface area contributed by atoms with Crippen molar-refractivity contribution in [1.29, 1.82) is 0 Å². The second-order valence-corrected chi connectivity index (χ2v) is 5.70. The molecule has 5 heteroatoms. The van der Waals surface area contributed by atoms with E-state index in [0.717, 1.165) is 29.6 Å². The van der Waals surface area contributed by atoms with E-state index in [1.54, 1.807) is 12.3 Å². The normalized spacial score (nSPS) is 15.5. The Bertz CT molecular complexity index is 779. The fourth-order valence-electron chi connectivity index (χ4n) is 3.12. The van der Waals surface area contributed by atoms with Crippen LogP contribution < -0.4 is 5.32 Å².